The monoisotopic (exact) mass is 387 g/mol. The predicted octanol–water partition coefficient (Wildman–Crippen LogP) is 2.59. The first-order chi connectivity index (χ1) is 12.8. The van der Waals surface area contributed by atoms with Crippen LogP contribution in [-0.4, -0.2) is 50.6 Å². The van der Waals surface area contributed by atoms with Crippen LogP contribution >= 0.6 is 0 Å². The van der Waals surface area contributed by atoms with Crippen molar-refractivity contribution in [3.63, 3.8) is 0 Å². The van der Waals surface area contributed by atoms with Gasteiger partial charge in [-0.1, -0.05) is 38.3 Å². The summed E-state index contributed by atoms with van der Waals surface area (Å²) in [7, 11) is 0. The zero-order valence-corrected chi connectivity index (χ0v) is 15.9. The van der Waals surface area contributed by atoms with Gasteiger partial charge in [-0.3, -0.25) is 25.0 Å². The Bertz CT molecular complexity index is 471. The van der Waals surface area contributed by atoms with E-state index in [2.05, 4.69) is 0 Å². The van der Waals surface area contributed by atoms with Gasteiger partial charge in [-0.25, -0.2) is 0 Å². The SMILES string of the molecule is CCC(O)C(CC(O)C(C/C=C\CCCCCCC[C]=O)[N+](=O)[O-])[N+](=O)[O-]. The van der Waals surface area contributed by atoms with Crippen LogP contribution in [0.15, 0.2) is 12.2 Å². The molecule has 0 aliphatic heterocycles. The van der Waals surface area contributed by atoms with Crippen molar-refractivity contribution in [2.24, 2.45) is 0 Å². The summed E-state index contributed by atoms with van der Waals surface area (Å²) in [5.74, 6) is 0. The van der Waals surface area contributed by atoms with Crippen molar-refractivity contribution in [2.45, 2.75) is 95.4 Å². The largest absolute Gasteiger partial charge is 0.386 e. The maximum atomic E-state index is 11.2. The summed E-state index contributed by atoms with van der Waals surface area (Å²) in [4.78, 5) is 30.9. The molecule has 9 heteroatoms. The summed E-state index contributed by atoms with van der Waals surface area (Å²) in [6.07, 6.45) is 8.20. The number of nitrogens with zero attached hydrogens (tertiary/aromatic N) is 2. The van der Waals surface area contributed by atoms with Gasteiger partial charge in [0.1, 0.15) is 12.2 Å². The summed E-state index contributed by atoms with van der Waals surface area (Å²) in [5.41, 5.74) is 0. The molecule has 0 heterocycles. The molecule has 1 radical (unpaired) electrons. The standard InChI is InChI=1S/C18H31N2O7/c1-2-17(22)16(20(26)27)14-18(23)15(19(24)25)12-10-8-6-4-3-5-7-9-11-13-21/h8,10,15-18,22-23H,2-7,9,11-12,14H2,1H3/b10-8-. The molecule has 0 aromatic carbocycles. The van der Waals surface area contributed by atoms with Gasteiger partial charge in [0.15, 0.2) is 6.29 Å². The van der Waals surface area contributed by atoms with Crippen LogP contribution in [-0.2, 0) is 4.79 Å². The fraction of sp³-hybridized carbons (Fsp3) is 0.833. The molecule has 9 nitrogen and oxygen atoms in total. The molecule has 27 heavy (non-hydrogen) atoms. The molecule has 0 rings (SSSR count). The lowest BCUT2D eigenvalue weighted by Crippen LogP contribution is -2.42. The van der Waals surface area contributed by atoms with E-state index in [0.29, 0.717) is 6.42 Å². The van der Waals surface area contributed by atoms with Crippen LogP contribution < -0.4 is 0 Å². The first kappa shape index (κ1) is 25.1. The van der Waals surface area contributed by atoms with E-state index in [0.717, 1.165) is 38.5 Å². The van der Waals surface area contributed by atoms with E-state index >= 15 is 0 Å². The number of aliphatic hydroxyl groups excluding tert-OH is 2. The van der Waals surface area contributed by atoms with Gasteiger partial charge in [-0.05, 0) is 25.7 Å². The highest BCUT2D eigenvalue weighted by Gasteiger charge is 2.38. The minimum absolute atomic E-state index is 0.0179. The Hall–Kier alpha value is -1.87. The van der Waals surface area contributed by atoms with E-state index in [1.807, 2.05) is 12.4 Å². The first-order valence-electron chi connectivity index (χ1n) is 9.48. The molecule has 0 amide bonds. The van der Waals surface area contributed by atoms with Crippen LogP contribution in [0.4, 0.5) is 0 Å². The van der Waals surface area contributed by atoms with Crippen LogP contribution in [0.25, 0.3) is 0 Å². The zero-order valence-electron chi connectivity index (χ0n) is 15.9. The molecule has 4 unspecified atom stereocenters. The van der Waals surface area contributed by atoms with Gasteiger partial charge >= 0.3 is 0 Å². The molecule has 2 N–H and O–H groups in total. The average molecular weight is 387 g/mol. The molecule has 4 atom stereocenters. The first-order valence-corrected chi connectivity index (χ1v) is 9.48. The summed E-state index contributed by atoms with van der Waals surface area (Å²) in [5, 5.41) is 41.9. The minimum atomic E-state index is -1.50. The molecule has 0 aromatic rings. The third-order valence-corrected chi connectivity index (χ3v) is 4.53. The van der Waals surface area contributed by atoms with E-state index < -0.39 is 40.6 Å². The number of carbonyl (C=O) groups excluding carboxylic acids is 1. The lowest BCUT2D eigenvalue weighted by molar-refractivity contribution is -0.553. The number of aliphatic hydroxyl groups is 2. The summed E-state index contributed by atoms with van der Waals surface area (Å²) in [6, 6.07) is -2.76. The number of hydrogen-bond acceptors (Lipinski definition) is 7. The predicted molar refractivity (Wildman–Crippen MR) is 100 cm³/mol. The van der Waals surface area contributed by atoms with Crippen molar-refractivity contribution in [3.05, 3.63) is 32.4 Å². The van der Waals surface area contributed by atoms with E-state index in [-0.39, 0.29) is 12.8 Å². The molecule has 0 saturated carbocycles. The van der Waals surface area contributed by atoms with Crippen molar-refractivity contribution >= 4 is 6.29 Å². The van der Waals surface area contributed by atoms with E-state index in [1.54, 1.807) is 13.0 Å². The fourth-order valence-electron chi connectivity index (χ4n) is 2.79. The highest BCUT2D eigenvalue weighted by atomic mass is 16.6. The second kappa shape index (κ2) is 15.2. The molecule has 0 saturated heterocycles. The highest BCUT2D eigenvalue weighted by molar-refractivity contribution is 5.50. The Labute approximate surface area is 159 Å². The van der Waals surface area contributed by atoms with Gasteiger partial charge in [0, 0.05) is 22.7 Å². The lowest BCUT2D eigenvalue weighted by Gasteiger charge is -2.19. The van der Waals surface area contributed by atoms with Crippen LogP contribution in [0.3, 0.4) is 0 Å². The Morgan fingerprint density at radius 2 is 1.52 bits per heavy atom. The fourth-order valence-corrected chi connectivity index (χ4v) is 2.79. The third kappa shape index (κ3) is 11.4. The number of hydrogen-bond donors (Lipinski definition) is 2. The second-order valence-electron chi connectivity index (χ2n) is 6.64. The average Bonchev–Trinajstić information content (AvgIpc) is 2.62. The summed E-state index contributed by atoms with van der Waals surface area (Å²) < 4.78 is 0. The molecule has 0 aliphatic rings. The minimum Gasteiger partial charge on any atom is -0.386 e. The number of allylic oxidation sites excluding steroid dienone is 1. The van der Waals surface area contributed by atoms with Crippen LogP contribution in [0.5, 0.6) is 0 Å². The Kier molecular flexibility index (Phi) is 14.2. The topological polar surface area (TPSA) is 144 Å². The Morgan fingerprint density at radius 1 is 0.926 bits per heavy atom. The van der Waals surface area contributed by atoms with E-state index in [1.165, 1.54) is 0 Å². The van der Waals surface area contributed by atoms with E-state index in [9.17, 15) is 35.2 Å². The van der Waals surface area contributed by atoms with Crippen molar-refractivity contribution < 1.29 is 24.9 Å². The van der Waals surface area contributed by atoms with Crippen molar-refractivity contribution in [1.29, 1.82) is 0 Å². The van der Waals surface area contributed by atoms with Crippen molar-refractivity contribution in [1.82, 2.24) is 0 Å². The maximum Gasteiger partial charge on any atom is 0.242 e. The molecular weight excluding hydrogens is 356 g/mol. The van der Waals surface area contributed by atoms with Crippen LogP contribution in [0.1, 0.15) is 71.1 Å². The highest BCUT2D eigenvalue weighted by Crippen LogP contribution is 2.16. The van der Waals surface area contributed by atoms with Gasteiger partial charge in [0.2, 0.25) is 12.1 Å². The van der Waals surface area contributed by atoms with Crippen LogP contribution in [0.2, 0.25) is 0 Å². The number of nitro groups is 2. The van der Waals surface area contributed by atoms with Gasteiger partial charge in [0.05, 0.1) is 6.42 Å². The molecule has 0 aliphatic carbocycles. The molecular formula is C18H31N2O7. The van der Waals surface area contributed by atoms with Gasteiger partial charge < -0.3 is 10.2 Å². The molecule has 0 bridgehead atoms. The molecule has 0 fully saturated rings. The van der Waals surface area contributed by atoms with E-state index in [4.69, 9.17) is 0 Å². The summed E-state index contributed by atoms with van der Waals surface area (Å²) >= 11 is 0. The maximum absolute atomic E-state index is 11.2. The van der Waals surface area contributed by atoms with Gasteiger partial charge in [0.25, 0.3) is 0 Å². The molecule has 0 aromatic heterocycles. The quantitative estimate of drug-likeness (QED) is 0.169. The van der Waals surface area contributed by atoms with Gasteiger partial charge in [-0.2, -0.15) is 0 Å². The molecule has 155 valence electrons. The second-order valence-corrected chi connectivity index (χ2v) is 6.64. The number of unbranched alkanes of at least 4 members (excludes halogenated alkanes) is 6. The zero-order chi connectivity index (χ0) is 20.7. The smallest absolute Gasteiger partial charge is 0.242 e. The Morgan fingerprint density at radius 3 is 2.07 bits per heavy atom. The van der Waals surface area contributed by atoms with Crippen molar-refractivity contribution in [2.75, 3.05) is 0 Å². The molecule has 0 spiro atoms. The number of rotatable bonds is 17. The third-order valence-electron chi connectivity index (χ3n) is 4.53. The normalized spacial score (nSPS) is 16.0. The van der Waals surface area contributed by atoms with Crippen molar-refractivity contribution in [3.8, 4) is 0 Å². The van der Waals surface area contributed by atoms with Crippen LogP contribution in [0, 0.1) is 20.2 Å². The lowest BCUT2D eigenvalue weighted by atomic mass is 9.96. The summed E-state index contributed by atoms with van der Waals surface area (Å²) in [6.45, 7) is 1.57. The Balaban J connectivity index is 4.33. The van der Waals surface area contributed by atoms with Gasteiger partial charge in [-0.15, -0.1) is 0 Å².